The molecular weight excluding hydrogens is 375 g/mol. The Bertz CT molecular complexity index is 989. The average molecular weight is 400 g/mol. The van der Waals surface area contributed by atoms with E-state index in [2.05, 4.69) is 16.0 Å². The number of halogens is 1. The Balaban J connectivity index is 1.91. The summed E-state index contributed by atoms with van der Waals surface area (Å²) in [7, 11) is 0. The highest BCUT2D eigenvalue weighted by Crippen LogP contribution is 2.22. The molecule has 0 radical (unpaired) electrons. The van der Waals surface area contributed by atoms with Crippen molar-refractivity contribution in [2.45, 2.75) is 46.3 Å². The predicted octanol–water partition coefficient (Wildman–Crippen LogP) is 2.39. The van der Waals surface area contributed by atoms with Crippen LogP contribution in [0.5, 0.6) is 0 Å². The summed E-state index contributed by atoms with van der Waals surface area (Å²) in [6, 6.07) is 5.76. The van der Waals surface area contributed by atoms with Gasteiger partial charge in [0.2, 0.25) is 0 Å². The number of hydrogen-bond acceptors (Lipinski definition) is 4. The first-order valence-corrected chi connectivity index (χ1v) is 9.44. The fourth-order valence-corrected chi connectivity index (χ4v) is 3.25. The highest BCUT2D eigenvalue weighted by molar-refractivity contribution is 6.42. The van der Waals surface area contributed by atoms with Crippen LogP contribution in [0.2, 0.25) is 0 Å². The summed E-state index contributed by atoms with van der Waals surface area (Å²) in [5, 5.41) is 8.57. The van der Waals surface area contributed by atoms with Gasteiger partial charge >= 0.3 is 0 Å². The minimum atomic E-state index is -0.711. The Morgan fingerprint density at radius 2 is 1.90 bits per heavy atom. The number of aryl methyl sites for hydroxylation is 1. The zero-order chi connectivity index (χ0) is 21.3. The van der Waals surface area contributed by atoms with Gasteiger partial charge in [0.05, 0.1) is 11.3 Å². The third-order valence-electron chi connectivity index (χ3n) is 4.60. The lowest BCUT2D eigenvalue weighted by Gasteiger charge is -2.21. The van der Waals surface area contributed by atoms with Crippen molar-refractivity contribution in [2.75, 3.05) is 11.9 Å². The Kier molecular flexibility index (Phi) is 5.57. The van der Waals surface area contributed by atoms with Crippen LogP contribution in [0.25, 0.3) is 0 Å². The molecule has 7 nitrogen and oxygen atoms in total. The van der Waals surface area contributed by atoms with Crippen molar-refractivity contribution in [1.82, 2.24) is 15.2 Å². The molecule has 1 aromatic heterocycles. The van der Waals surface area contributed by atoms with Gasteiger partial charge in [-0.1, -0.05) is 0 Å². The summed E-state index contributed by atoms with van der Waals surface area (Å²) >= 11 is 0. The molecule has 0 bridgehead atoms. The number of fused-ring (bicyclic) bond motifs is 1. The monoisotopic (exact) mass is 400 g/mol. The number of Topliss-reactive ketones (excluding diaryl/α,β-unsaturated/α-hetero) is 1. The summed E-state index contributed by atoms with van der Waals surface area (Å²) in [6.07, 6.45) is 0. The molecule has 3 rings (SSSR count). The Labute approximate surface area is 168 Å². The van der Waals surface area contributed by atoms with E-state index in [0.29, 0.717) is 42.1 Å². The minimum Gasteiger partial charge on any atom is -0.345 e. The normalized spacial score (nSPS) is 13.6. The molecule has 0 atom stereocenters. The molecule has 0 unspecified atom stereocenters. The molecule has 0 saturated carbocycles. The van der Waals surface area contributed by atoms with Crippen LogP contribution in [0, 0.1) is 12.7 Å². The largest absolute Gasteiger partial charge is 0.345 e. The average Bonchev–Trinajstić information content (AvgIpc) is 3.02. The van der Waals surface area contributed by atoms with Gasteiger partial charge in [-0.15, -0.1) is 0 Å². The van der Waals surface area contributed by atoms with E-state index < -0.39 is 23.1 Å². The van der Waals surface area contributed by atoms with Crippen molar-refractivity contribution in [3.05, 3.63) is 52.6 Å². The molecule has 29 heavy (non-hydrogen) atoms. The molecule has 0 spiro atoms. The predicted molar refractivity (Wildman–Crippen MR) is 107 cm³/mol. The van der Waals surface area contributed by atoms with E-state index in [4.69, 9.17) is 0 Å². The number of aromatic nitrogens is 1. The second-order valence-corrected chi connectivity index (χ2v) is 8.17. The molecule has 2 aromatic rings. The summed E-state index contributed by atoms with van der Waals surface area (Å²) in [5.74, 6) is -2.16. The third kappa shape index (κ3) is 4.54. The number of hydrogen-bond donors (Lipinski definition) is 3. The standard InChI is InChI=1S/C21H25FN4O3/c1-12-9-13(5-6-15(12)22)24-19(28)14-10-16(26-8-7-23-11-17(14)26)18(27)20(29)25-21(2,3)4/h5-6,9-10,23H,7-8,11H2,1-4H3,(H,24,28)(H,25,29). The van der Waals surface area contributed by atoms with Crippen molar-refractivity contribution in [1.29, 1.82) is 0 Å². The molecule has 0 aliphatic carbocycles. The zero-order valence-electron chi connectivity index (χ0n) is 17.0. The van der Waals surface area contributed by atoms with Crippen LogP contribution in [0.4, 0.5) is 10.1 Å². The SMILES string of the molecule is Cc1cc(NC(=O)c2cc(C(=O)C(=O)NC(C)(C)C)n3c2CNCC3)ccc1F. The fraction of sp³-hybridized carbons (Fsp3) is 0.381. The number of ketones is 1. The summed E-state index contributed by atoms with van der Waals surface area (Å²) in [5.41, 5.74) is 1.45. The fourth-order valence-electron chi connectivity index (χ4n) is 3.25. The number of rotatable bonds is 4. The molecule has 1 aliphatic rings. The van der Waals surface area contributed by atoms with Gasteiger partial charge in [0.1, 0.15) is 5.82 Å². The van der Waals surface area contributed by atoms with Crippen LogP contribution in [-0.2, 0) is 17.9 Å². The maximum Gasteiger partial charge on any atom is 0.294 e. The number of nitrogens with one attached hydrogen (secondary N) is 3. The van der Waals surface area contributed by atoms with Crippen molar-refractivity contribution >= 4 is 23.3 Å². The number of carbonyl (C=O) groups excluding carboxylic acids is 3. The molecule has 154 valence electrons. The van der Waals surface area contributed by atoms with E-state index in [1.54, 1.807) is 32.3 Å². The Hall–Kier alpha value is -3.00. The molecular formula is C21H25FN4O3. The number of benzene rings is 1. The van der Waals surface area contributed by atoms with Crippen LogP contribution >= 0.6 is 0 Å². The Morgan fingerprint density at radius 1 is 1.17 bits per heavy atom. The number of anilines is 1. The van der Waals surface area contributed by atoms with E-state index in [-0.39, 0.29) is 11.5 Å². The van der Waals surface area contributed by atoms with E-state index >= 15 is 0 Å². The van der Waals surface area contributed by atoms with Gasteiger partial charge in [-0.3, -0.25) is 14.4 Å². The number of nitrogens with zero attached hydrogens (tertiary/aromatic N) is 1. The van der Waals surface area contributed by atoms with Crippen LogP contribution < -0.4 is 16.0 Å². The van der Waals surface area contributed by atoms with E-state index in [1.807, 2.05) is 0 Å². The van der Waals surface area contributed by atoms with Crippen molar-refractivity contribution < 1.29 is 18.8 Å². The molecule has 1 aromatic carbocycles. The van der Waals surface area contributed by atoms with E-state index in [0.717, 1.165) is 0 Å². The van der Waals surface area contributed by atoms with E-state index in [1.165, 1.54) is 24.3 Å². The van der Waals surface area contributed by atoms with Crippen molar-refractivity contribution in [3.63, 3.8) is 0 Å². The number of carbonyl (C=O) groups is 3. The smallest absolute Gasteiger partial charge is 0.294 e. The molecule has 1 aliphatic heterocycles. The maximum atomic E-state index is 13.5. The third-order valence-corrected chi connectivity index (χ3v) is 4.60. The lowest BCUT2D eigenvalue weighted by molar-refractivity contribution is -0.118. The van der Waals surface area contributed by atoms with Crippen LogP contribution in [0.15, 0.2) is 24.3 Å². The van der Waals surface area contributed by atoms with Gasteiger partial charge in [-0.2, -0.15) is 0 Å². The topological polar surface area (TPSA) is 92.2 Å². The lowest BCUT2D eigenvalue weighted by atomic mass is 10.1. The molecule has 3 N–H and O–H groups in total. The van der Waals surface area contributed by atoms with Gasteiger partial charge in [0, 0.05) is 36.6 Å². The van der Waals surface area contributed by atoms with Crippen LogP contribution in [0.1, 0.15) is 52.9 Å². The van der Waals surface area contributed by atoms with Gasteiger partial charge in [0.15, 0.2) is 0 Å². The molecule has 2 heterocycles. The molecule has 0 fully saturated rings. The van der Waals surface area contributed by atoms with Gasteiger partial charge in [-0.05, 0) is 57.5 Å². The van der Waals surface area contributed by atoms with Gasteiger partial charge in [-0.25, -0.2) is 4.39 Å². The van der Waals surface area contributed by atoms with Gasteiger partial charge < -0.3 is 20.5 Å². The zero-order valence-corrected chi connectivity index (χ0v) is 17.0. The highest BCUT2D eigenvalue weighted by atomic mass is 19.1. The lowest BCUT2D eigenvalue weighted by Crippen LogP contribution is -2.44. The highest BCUT2D eigenvalue weighted by Gasteiger charge is 2.30. The molecule has 8 heteroatoms. The first-order chi connectivity index (χ1) is 13.6. The first kappa shape index (κ1) is 20.7. The second kappa shape index (κ2) is 7.79. The quantitative estimate of drug-likeness (QED) is 0.543. The Morgan fingerprint density at radius 3 is 2.55 bits per heavy atom. The second-order valence-electron chi connectivity index (χ2n) is 8.17. The van der Waals surface area contributed by atoms with Gasteiger partial charge in [0.25, 0.3) is 17.6 Å². The molecule has 0 saturated heterocycles. The van der Waals surface area contributed by atoms with Crippen LogP contribution in [-0.4, -0.2) is 34.2 Å². The van der Waals surface area contributed by atoms with Crippen LogP contribution in [0.3, 0.4) is 0 Å². The first-order valence-electron chi connectivity index (χ1n) is 9.44. The summed E-state index contributed by atoms with van der Waals surface area (Å²) < 4.78 is 15.2. The van der Waals surface area contributed by atoms with Crippen molar-refractivity contribution in [3.8, 4) is 0 Å². The minimum absolute atomic E-state index is 0.184. The van der Waals surface area contributed by atoms with Crippen molar-refractivity contribution in [2.24, 2.45) is 0 Å². The molecule has 2 amide bonds. The number of amides is 2. The summed E-state index contributed by atoms with van der Waals surface area (Å²) in [4.78, 5) is 38.0. The van der Waals surface area contributed by atoms with E-state index in [9.17, 15) is 18.8 Å². The maximum absolute atomic E-state index is 13.5. The summed E-state index contributed by atoms with van der Waals surface area (Å²) in [6.45, 7) is 8.49.